The standard InChI is InChI=1S/C12H23N3S/c13-12(14-10-11-6-5-9-16-11)15-7-3-1-2-4-8-15/h11H,1-10H2,(H2,13,14). The number of nitrogens with two attached hydrogens (primary N) is 1. The highest BCUT2D eigenvalue weighted by Gasteiger charge is 2.16. The minimum atomic E-state index is 0.727. The van der Waals surface area contributed by atoms with Crippen molar-refractivity contribution in [2.24, 2.45) is 10.7 Å². The van der Waals surface area contributed by atoms with E-state index in [9.17, 15) is 0 Å². The highest BCUT2D eigenvalue weighted by molar-refractivity contribution is 8.00. The fraction of sp³-hybridized carbons (Fsp3) is 0.917. The number of thioether (sulfide) groups is 1. The third kappa shape index (κ3) is 3.58. The number of nitrogens with zero attached hydrogens (tertiary/aromatic N) is 2. The normalized spacial score (nSPS) is 28.1. The highest BCUT2D eigenvalue weighted by atomic mass is 32.2. The Hall–Kier alpha value is -0.380. The van der Waals surface area contributed by atoms with Crippen molar-refractivity contribution < 1.29 is 0 Å². The summed E-state index contributed by atoms with van der Waals surface area (Å²) in [5.74, 6) is 2.10. The Morgan fingerprint density at radius 1 is 1.19 bits per heavy atom. The third-order valence-electron chi connectivity index (χ3n) is 3.41. The second-order valence-electron chi connectivity index (χ2n) is 4.74. The molecule has 0 aromatic rings. The number of rotatable bonds is 2. The molecule has 2 saturated heterocycles. The fourth-order valence-electron chi connectivity index (χ4n) is 2.38. The summed E-state index contributed by atoms with van der Waals surface area (Å²) in [4.78, 5) is 6.84. The topological polar surface area (TPSA) is 41.6 Å². The van der Waals surface area contributed by atoms with E-state index in [0.717, 1.165) is 30.8 Å². The summed E-state index contributed by atoms with van der Waals surface area (Å²) < 4.78 is 0. The van der Waals surface area contributed by atoms with Crippen LogP contribution >= 0.6 is 11.8 Å². The number of guanidine groups is 1. The molecule has 0 amide bonds. The highest BCUT2D eigenvalue weighted by Crippen LogP contribution is 2.26. The van der Waals surface area contributed by atoms with E-state index in [1.807, 2.05) is 0 Å². The smallest absolute Gasteiger partial charge is 0.191 e. The van der Waals surface area contributed by atoms with Gasteiger partial charge in [0.1, 0.15) is 0 Å². The third-order valence-corrected chi connectivity index (χ3v) is 4.79. The molecule has 2 fully saturated rings. The van der Waals surface area contributed by atoms with Crippen molar-refractivity contribution in [2.75, 3.05) is 25.4 Å². The SMILES string of the molecule is NC(=NCC1CCCS1)N1CCCCCC1. The van der Waals surface area contributed by atoms with Gasteiger partial charge in [-0.25, -0.2) is 0 Å². The molecule has 0 saturated carbocycles. The maximum atomic E-state index is 6.06. The Balaban J connectivity index is 1.79. The largest absolute Gasteiger partial charge is 0.370 e. The molecule has 92 valence electrons. The van der Waals surface area contributed by atoms with Crippen LogP contribution in [0.5, 0.6) is 0 Å². The Morgan fingerprint density at radius 2 is 1.94 bits per heavy atom. The average Bonchev–Trinajstić information content (AvgIpc) is 2.66. The van der Waals surface area contributed by atoms with Gasteiger partial charge < -0.3 is 10.6 Å². The van der Waals surface area contributed by atoms with E-state index in [1.165, 1.54) is 44.3 Å². The molecule has 3 nitrogen and oxygen atoms in total. The summed E-state index contributed by atoms with van der Waals surface area (Å²) in [6.07, 6.45) is 7.92. The quantitative estimate of drug-likeness (QED) is 0.594. The van der Waals surface area contributed by atoms with Crippen molar-refractivity contribution in [3.05, 3.63) is 0 Å². The van der Waals surface area contributed by atoms with Gasteiger partial charge in [0, 0.05) is 18.3 Å². The Morgan fingerprint density at radius 3 is 2.56 bits per heavy atom. The monoisotopic (exact) mass is 241 g/mol. The maximum absolute atomic E-state index is 6.06. The Kier molecular flexibility index (Phi) is 4.82. The van der Waals surface area contributed by atoms with E-state index in [-0.39, 0.29) is 0 Å². The molecule has 0 radical (unpaired) electrons. The molecule has 2 aliphatic rings. The second-order valence-corrected chi connectivity index (χ2v) is 6.14. The van der Waals surface area contributed by atoms with Gasteiger partial charge in [-0.2, -0.15) is 11.8 Å². The van der Waals surface area contributed by atoms with E-state index in [2.05, 4.69) is 21.7 Å². The van der Waals surface area contributed by atoms with Crippen molar-refractivity contribution in [1.29, 1.82) is 0 Å². The zero-order valence-electron chi connectivity index (χ0n) is 10.0. The van der Waals surface area contributed by atoms with Crippen LogP contribution in [0.2, 0.25) is 0 Å². The zero-order chi connectivity index (χ0) is 11.2. The molecule has 0 spiro atoms. The van der Waals surface area contributed by atoms with Gasteiger partial charge >= 0.3 is 0 Å². The predicted octanol–water partition coefficient (Wildman–Crippen LogP) is 2.07. The summed E-state index contributed by atoms with van der Waals surface area (Å²) in [6.45, 7) is 3.13. The molecule has 2 heterocycles. The summed E-state index contributed by atoms with van der Waals surface area (Å²) in [5.41, 5.74) is 6.06. The number of hydrogen-bond donors (Lipinski definition) is 1. The van der Waals surface area contributed by atoms with Crippen molar-refractivity contribution in [3.8, 4) is 0 Å². The lowest BCUT2D eigenvalue weighted by Crippen LogP contribution is -2.38. The first-order chi connectivity index (χ1) is 7.86. The molecular weight excluding hydrogens is 218 g/mol. The van der Waals surface area contributed by atoms with E-state index in [1.54, 1.807) is 0 Å². The van der Waals surface area contributed by atoms with E-state index >= 15 is 0 Å². The maximum Gasteiger partial charge on any atom is 0.191 e. The fourth-order valence-corrected chi connectivity index (χ4v) is 3.56. The van der Waals surface area contributed by atoms with Crippen LogP contribution in [0.3, 0.4) is 0 Å². The summed E-state index contributed by atoms with van der Waals surface area (Å²) in [5, 5.41) is 0.727. The van der Waals surface area contributed by atoms with Gasteiger partial charge in [0.15, 0.2) is 5.96 Å². The van der Waals surface area contributed by atoms with Crippen LogP contribution in [0.25, 0.3) is 0 Å². The van der Waals surface area contributed by atoms with Crippen LogP contribution in [-0.2, 0) is 0 Å². The van der Waals surface area contributed by atoms with Crippen LogP contribution in [0, 0.1) is 0 Å². The zero-order valence-corrected chi connectivity index (χ0v) is 10.8. The predicted molar refractivity (Wildman–Crippen MR) is 72.0 cm³/mol. The lowest BCUT2D eigenvalue weighted by Gasteiger charge is -2.21. The van der Waals surface area contributed by atoms with Crippen LogP contribution in [0.15, 0.2) is 4.99 Å². The van der Waals surface area contributed by atoms with Gasteiger partial charge in [0.25, 0.3) is 0 Å². The van der Waals surface area contributed by atoms with E-state index in [4.69, 9.17) is 5.73 Å². The number of aliphatic imine (C=N–C) groups is 1. The van der Waals surface area contributed by atoms with Gasteiger partial charge in [-0.3, -0.25) is 4.99 Å². The number of likely N-dealkylation sites (tertiary alicyclic amines) is 1. The van der Waals surface area contributed by atoms with Crippen molar-refractivity contribution in [3.63, 3.8) is 0 Å². The van der Waals surface area contributed by atoms with Crippen LogP contribution < -0.4 is 5.73 Å². The van der Waals surface area contributed by atoms with Gasteiger partial charge in [0.2, 0.25) is 0 Å². The number of hydrogen-bond acceptors (Lipinski definition) is 2. The molecule has 16 heavy (non-hydrogen) atoms. The first kappa shape index (κ1) is 12.1. The summed E-state index contributed by atoms with van der Waals surface area (Å²) >= 11 is 2.05. The van der Waals surface area contributed by atoms with Gasteiger partial charge in [-0.05, 0) is 31.4 Å². The summed E-state index contributed by atoms with van der Waals surface area (Å²) in [7, 11) is 0. The Bertz CT molecular complexity index is 228. The molecule has 1 unspecified atom stereocenters. The average molecular weight is 241 g/mol. The molecule has 0 aromatic carbocycles. The molecular formula is C12H23N3S. The second kappa shape index (κ2) is 6.38. The minimum Gasteiger partial charge on any atom is -0.370 e. The van der Waals surface area contributed by atoms with E-state index < -0.39 is 0 Å². The van der Waals surface area contributed by atoms with Crippen molar-refractivity contribution >= 4 is 17.7 Å². The van der Waals surface area contributed by atoms with Gasteiger partial charge in [0.05, 0.1) is 6.54 Å². The van der Waals surface area contributed by atoms with Crippen LogP contribution in [-0.4, -0.2) is 41.5 Å². The van der Waals surface area contributed by atoms with E-state index in [0.29, 0.717) is 0 Å². The first-order valence-electron chi connectivity index (χ1n) is 6.53. The first-order valence-corrected chi connectivity index (χ1v) is 7.57. The van der Waals surface area contributed by atoms with Crippen LogP contribution in [0.1, 0.15) is 38.5 Å². The molecule has 1 atom stereocenters. The minimum absolute atomic E-state index is 0.727. The molecule has 4 heteroatoms. The van der Waals surface area contributed by atoms with Crippen LogP contribution in [0.4, 0.5) is 0 Å². The lowest BCUT2D eigenvalue weighted by atomic mass is 10.2. The molecule has 2 N–H and O–H groups in total. The van der Waals surface area contributed by atoms with Crippen molar-refractivity contribution in [2.45, 2.75) is 43.8 Å². The Labute approximate surface area is 103 Å². The van der Waals surface area contributed by atoms with Crippen molar-refractivity contribution in [1.82, 2.24) is 4.90 Å². The van der Waals surface area contributed by atoms with Gasteiger partial charge in [-0.15, -0.1) is 0 Å². The summed E-state index contributed by atoms with van der Waals surface area (Å²) in [6, 6.07) is 0. The molecule has 2 rings (SSSR count). The molecule has 0 aromatic heterocycles. The lowest BCUT2D eigenvalue weighted by molar-refractivity contribution is 0.428. The van der Waals surface area contributed by atoms with Gasteiger partial charge in [-0.1, -0.05) is 12.8 Å². The molecule has 0 aliphatic carbocycles. The molecule has 0 bridgehead atoms. The molecule has 2 aliphatic heterocycles.